The van der Waals surface area contributed by atoms with Crippen molar-refractivity contribution in [2.45, 2.75) is 63.4 Å². The molecule has 1 saturated heterocycles. The van der Waals surface area contributed by atoms with Gasteiger partial charge in [0.25, 0.3) is 5.91 Å². The highest BCUT2D eigenvalue weighted by Gasteiger charge is 2.57. The first kappa shape index (κ1) is 22.1. The molecular formula is C20H29NO6Si. The van der Waals surface area contributed by atoms with Crippen LogP contribution in [-0.2, 0) is 14.0 Å². The fourth-order valence-electron chi connectivity index (χ4n) is 3.17. The van der Waals surface area contributed by atoms with Crippen molar-refractivity contribution in [1.82, 2.24) is 4.90 Å². The van der Waals surface area contributed by atoms with Crippen LogP contribution in [0.1, 0.15) is 44.0 Å². The van der Waals surface area contributed by atoms with Crippen LogP contribution >= 0.6 is 0 Å². The van der Waals surface area contributed by atoms with Gasteiger partial charge in [-0.25, -0.2) is 9.59 Å². The number of aliphatic carboxylic acids is 2. The zero-order valence-corrected chi connectivity index (χ0v) is 18.1. The molecule has 1 heterocycles. The molecule has 28 heavy (non-hydrogen) atoms. The Morgan fingerprint density at radius 3 is 2.11 bits per heavy atom. The van der Waals surface area contributed by atoms with Crippen LogP contribution in [-0.4, -0.2) is 59.5 Å². The number of hydrogen-bond donors (Lipinski definition) is 2. The van der Waals surface area contributed by atoms with Crippen LogP contribution in [0.25, 0.3) is 0 Å². The number of piperidine rings is 1. The minimum absolute atomic E-state index is 0.0601. The third-order valence-corrected chi connectivity index (χ3v) is 10.5. The number of nitrogens with zero attached hydrogens (tertiary/aromatic N) is 1. The van der Waals surface area contributed by atoms with Crippen LogP contribution in [0.15, 0.2) is 30.3 Å². The van der Waals surface area contributed by atoms with Gasteiger partial charge in [0.05, 0.1) is 6.10 Å². The normalized spacial score (nSPS) is 19.9. The SMILES string of the molecule is CC(C)(C)[Si](C)(C)O[C@H]1CCC(C(=O)O)(C(=O)O)N(C(=O)c2ccccc2)C1. The first-order valence-corrected chi connectivity index (χ1v) is 12.3. The van der Waals surface area contributed by atoms with Gasteiger partial charge in [0.1, 0.15) is 0 Å². The van der Waals surface area contributed by atoms with Crippen molar-refractivity contribution in [3.8, 4) is 0 Å². The molecule has 1 aromatic carbocycles. The van der Waals surface area contributed by atoms with Crippen molar-refractivity contribution < 1.29 is 29.0 Å². The summed E-state index contributed by atoms with van der Waals surface area (Å²) in [5, 5.41) is 19.5. The van der Waals surface area contributed by atoms with Gasteiger partial charge in [-0.15, -0.1) is 0 Å². The highest BCUT2D eigenvalue weighted by atomic mass is 28.4. The summed E-state index contributed by atoms with van der Waals surface area (Å²) in [4.78, 5) is 38.1. The van der Waals surface area contributed by atoms with Crippen LogP contribution in [0.4, 0.5) is 0 Å². The summed E-state index contributed by atoms with van der Waals surface area (Å²) in [5.74, 6) is -3.68. The highest BCUT2D eigenvalue weighted by molar-refractivity contribution is 6.74. The standard InChI is InChI=1S/C20H29NO6Si/c1-19(2,3)28(4,5)27-15-11-12-20(17(23)24,18(25)26)21(13-15)16(22)14-9-7-6-8-10-14/h6-10,15H,11-13H2,1-5H3,(H,23,24)(H,25,26)/t15-/m0/s1. The monoisotopic (exact) mass is 407 g/mol. The van der Waals surface area contributed by atoms with E-state index in [0.29, 0.717) is 0 Å². The molecule has 1 aliphatic rings. The smallest absolute Gasteiger partial charge is 0.341 e. The first-order chi connectivity index (χ1) is 12.8. The molecule has 1 aromatic rings. The Labute approximate surface area is 166 Å². The number of carbonyl (C=O) groups is 3. The highest BCUT2D eigenvalue weighted by Crippen LogP contribution is 2.40. The maximum absolute atomic E-state index is 13.1. The van der Waals surface area contributed by atoms with Crippen LogP contribution in [0.3, 0.4) is 0 Å². The Morgan fingerprint density at radius 1 is 1.11 bits per heavy atom. The van der Waals surface area contributed by atoms with E-state index in [1.54, 1.807) is 30.3 Å². The van der Waals surface area contributed by atoms with Crippen molar-refractivity contribution in [1.29, 1.82) is 0 Å². The van der Waals surface area contributed by atoms with Gasteiger partial charge < -0.3 is 19.5 Å². The van der Waals surface area contributed by atoms with Crippen LogP contribution in [0.2, 0.25) is 18.1 Å². The Bertz CT molecular complexity index is 742. The van der Waals surface area contributed by atoms with Crippen LogP contribution < -0.4 is 0 Å². The molecule has 1 aliphatic heterocycles. The summed E-state index contributed by atoms with van der Waals surface area (Å²) in [7, 11) is -2.17. The zero-order valence-electron chi connectivity index (χ0n) is 17.1. The lowest BCUT2D eigenvalue weighted by atomic mass is 9.85. The number of carboxylic acids is 2. The average Bonchev–Trinajstić information content (AvgIpc) is 2.60. The van der Waals surface area contributed by atoms with E-state index in [0.717, 1.165) is 4.90 Å². The number of carboxylic acid groups (broad SMARTS) is 2. The Balaban J connectivity index is 2.41. The largest absolute Gasteiger partial charge is 0.479 e. The third-order valence-electron chi connectivity index (χ3n) is 5.92. The van der Waals surface area contributed by atoms with E-state index in [1.807, 2.05) is 0 Å². The molecule has 0 aromatic heterocycles. The van der Waals surface area contributed by atoms with E-state index in [2.05, 4.69) is 33.9 Å². The summed E-state index contributed by atoms with van der Waals surface area (Å²) in [6.45, 7) is 10.4. The molecule has 0 saturated carbocycles. The zero-order chi connectivity index (χ0) is 21.3. The molecule has 0 unspecified atom stereocenters. The molecule has 0 spiro atoms. The van der Waals surface area contributed by atoms with Gasteiger partial charge in [0.15, 0.2) is 8.32 Å². The first-order valence-electron chi connectivity index (χ1n) is 9.34. The molecule has 2 N–H and O–H groups in total. The van der Waals surface area contributed by atoms with Gasteiger partial charge in [-0.1, -0.05) is 39.0 Å². The molecule has 7 nitrogen and oxygen atoms in total. The fourth-order valence-corrected chi connectivity index (χ4v) is 4.55. The van der Waals surface area contributed by atoms with E-state index < -0.39 is 37.8 Å². The van der Waals surface area contributed by atoms with Crippen molar-refractivity contribution in [3.05, 3.63) is 35.9 Å². The van der Waals surface area contributed by atoms with Gasteiger partial charge in [0.2, 0.25) is 5.54 Å². The molecule has 1 fully saturated rings. The van der Waals surface area contributed by atoms with Gasteiger partial charge >= 0.3 is 11.9 Å². The molecular weight excluding hydrogens is 378 g/mol. The topological polar surface area (TPSA) is 104 Å². The van der Waals surface area contributed by atoms with Crippen molar-refractivity contribution in [3.63, 3.8) is 0 Å². The van der Waals surface area contributed by atoms with E-state index >= 15 is 0 Å². The number of likely N-dealkylation sites (tertiary alicyclic amines) is 1. The molecule has 154 valence electrons. The van der Waals surface area contributed by atoms with E-state index in [-0.39, 0.29) is 30.0 Å². The van der Waals surface area contributed by atoms with Crippen LogP contribution in [0, 0.1) is 0 Å². The Morgan fingerprint density at radius 2 is 1.64 bits per heavy atom. The summed E-state index contributed by atoms with van der Waals surface area (Å²) >= 11 is 0. The number of carbonyl (C=O) groups excluding carboxylic acids is 1. The minimum Gasteiger partial charge on any atom is -0.479 e. The summed E-state index contributed by atoms with van der Waals surface area (Å²) in [6, 6.07) is 8.15. The molecule has 2 rings (SSSR count). The molecule has 1 atom stereocenters. The fraction of sp³-hybridized carbons (Fsp3) is 0.550. The Hall–Kier alpha value is -2.19. The van der Waals surface area contributed by atoms with Gasteiger partial charge in [0, 0.05) is 12.1 Å². The molecule has 8 heteroatoms. The average molecular weight is 408 g/mol. The summed E-state index contributed by atoms with van der Waals surface area (Å²) < 4.78 is 6.37. The van der Waals surface area contributed by atoms with Crippen molar-refractivity contribution in [2.75, 3.05) is 6.54 Å². The predicted molar refractivity (Wildman–Crippen MR) is 107 cm³/mol. The van der Waals surface area contributed by atoms with Crippen molar-refractivity contribution >= 4 is 26.2 Å². The second kappa shape index (κ2) is 7.67. The lowest BCUT2D eigenvalue weighted by Gasteiger charge is -2.47. The molecule has 0 bridgehead atoms. The quantitative estimate of drug-likeness (QED) is 0.574. The number of benzene rings is 1. The Kier molecular flexibility index (Phi) is 6.06. The maximum atomic E-state index is 13.1. The predicted octanol–water partition coefficient (Wildman–Crippen LogP) is 3.22. The van der Waals surface area contributed by atoms with E-state index in [4.69, 9.17) is 4.43 Å². The lowest BCUT2D eigenvalue weighted by molar-refractivity contribution is -0.170. The number of amides is 1. The maximum Gasteiger partial charge on any atom is 0.341 e. The lowest BCUT2D eigenvalue weighted by Crippen LogP contribution is -2.67. The molecule has 0 aliphatic carbocycles. The summed E-state index contributed by atoms with van der Waals surface area (Å²) in [6.07, 6.45) is -0.334. The second-order valence-corrected chi connectivity index (χ2v) is 13.5. The van der Waals surface area contributed by atoms with Crippen LogP contribution in [0.5, 0.6) is 0 Å². The number of hydrogen-bond acceptors (Lipinski definition) is 4. The summed E-state index contributed by atoms with van der Waals surface area (Å²) in [5.41, 5.74) is -2.04. The molecule has 1 amide bonds. The van der Waals surface area contributed by atoms with Gasteiger partial charge in [-0.05, 0) is 43.1 Å². The van der Waals surface area contributed by atoms with E-state index in [1.165, 1.54) is 0 Å². The number of rotatable bonds is 5. The van der Waals surface area contributed by atoms with E-state index in [9.17, 15) is 24.6 Å². The van der Waals surface area contributed by atoms with Crippen molar-refractivity contribution in [2.24, 2.45) is 0 Å². The second-order valence-electron chi connectivity index (χ2n) is 8.79. The third kappa shape index (κ3) is 3.98. The minimum atomic E-state index is -2.29. The van der Waals surface area contributed by atoms with Gasteiger partial charge in [-0.2, -0.15) is 0 Å². The molecule has 0 radical (unpaired) electrons. The van der Waals surface area contributed by atoms with Gasteiger partial charge in [-0.3, -0.25) is 4.79 Å².